The first-order valence-corrected chi connectivity index (χ1v) is 7.97. The molecule has 0 aromatic heterocycles. The third-order valence-electron chi connectivity index (χ3n) is 4.00. The second kappa shape index (κ2) is 6.93. The Bertz CT molecular complexity index is 759. The van der Waals surface area contributed by atoms with Crippen LogP contribution in [-0.2, 0) is 6.54 Å². The highest BCUT2D eigenvalue weighted by Gasteiger charge is 2.24. The molecular formula is C19H21FN2O2. The number of aliphatic hydroxyl groups is 1. The summed E-state index contributed by atoms with van der Waals surface area (Å²) in [6.07, 6.45) is -0.0346. The zero-order valence-corrected chi connectivity index (χ0v) is 13.5. The van der Waals surface area contributed by atoms with Gasteiger partial charge in [0.05, 0.1) is 18.5 Å². The molecule has 3 rings (SSSR count). The molecule has 0 saturated heterocycles. The van der Waals surface area contributed by atoms with Gasteiger partial charge >= 0.3 is 0 Å². The molecule has 0 bridgehead atoms. The Morgan fingerprint density at radius 1 is 1.21 bits per heavy atom. The van der Waals surface area contributed by atoms with E-state index in [0.29, 0.717) is 19.6 Å². The molecule has 24 heavy (non-hydrogen) atoms. The number of halogens is 1. The number of phenolic OH excluding ortho intramolecular Hbond substituents is 1. The zero-order chi connectivity index (χ0) is 17.1. The molecule has 3 N–H and O–H groups in total. The van der Waals surface area contributed by atoms with E-state index in [-0.39, 0.29) is 11.6 Å². The van der Waals surface area contributed by atoms with Gasteiger partial charge in [0, 0.05) is 24.2 Å². The first-order valence-electron chi connectivity index (χ1n) is 7.97. The number of hydrogen-bond donors (Lipinski definition) is 3. The maximum Gasteiger partial charge on any atom is 0.123 e. The van der Waals surface area contributed by atoms with Gasteiger partial charge in [-0.05, 0) is 36.8 Å². The van der Waals surface area contributed by atoms with E-state index in [4.69, 9.17) is 0 Å². The Labute approximate surface area is 140 Å². The maximum absolute atomic E-state index is 13.6. The van der Waals surface area contributed by atoms with E-state index in [1.807, 2.05) is 12.1 Å². The summed E-state index contributed by atoms with van der Waals surface area (Å²) >= 11 is 0. The van der Waals surface area contributed by atoms with Crippen molar-refractivity contribution in [3.63, 3.8) is 0 Å². The number of aliphatic hydroxyl groups excluding tert-OH is 1. The number of aromatic hydroxyl groups is 1. The lowest BCUT2D eigenvalue weighted by molar-refractivity contribution is 0.181. The Morgan fingerprint density at radius 2 is 2.00 bits per heavy atom. The third kappa shape index (κ3) is 3.68. The van der Waals surface area contributed by atoms with Gasteiger partial charge in [-0.15, -0.1) is 0 Å². The summed E-state index contributed by atoms with van der Waals surface area (Å²) in [5, 5.41) is 22.8. The van der Waals surface area contributed by atoms with Gasteiger partial charge in [-0.3, -0.25) is 0 Å². The molecular weight excluding hydrogens is 307 g/mol. The molecule has 5 heteroatoms. The van der Waals surface area contributed by atoms with Crippen LogP contribution in [-0.4, -0.2) is 27.9 Å². The average molecular weight is 328 g/mol. The number of benzene rings is 2. The lowest BCUT2D eigenvalue weighted by Gasteiger charge is -2.22. The van der Waals surface area contributed by atoms with Gasteiger partial charge < -0.3 is 20.4 Å². The van der Waals surface area contributed by atoms with Crippen molar-refractivity contribution in [2.75, 3.05) is 6.67 Å². The van der Waals surface area contributed by atoms with E-state index in [1.165, 1.54) is 12.1 Å². The van der Waals surface area contributed by atoms with Crippen LogP contribution < -0.4 is 5.32 Å². The van der Waals surface area contributed by atoms with Crippen molar-refractivity contribution >= 4 is 5.70 Å². The fourth-order valence-corrected chi connectivity index (χ4v) is 2.98. The van der Waals surface area contributed by atoms with Crippen LogP contribution in [0.2, 0.25) is 0 Å². The minimum atomic E-state index is -0.505. The van der Waals surface area contributed by atoms with E-state index in [1.54, 1.807) is 31.2 Å². The van der Waals surface area contributed by atoms with E-state index in [0.717, 1.165) is 22.5 Å². The summed E-state index contributed by atoms with van der Waals surface area (Å²) in [6.45, 7) is 2.91. The van der Waals surface area contributed by atoms with Crippen LogP contribution in [0.4, 0.5) is 4.39 Å². The summed E-state index contributed by atoms with van der Waals surface area (Å²) in [5.41, 5.74) is 3.53. The van der Waals surface area contributed by atoms with Crippen molar-refractivity contribution in [3.05, 3.63) is 71.2 Å². The highest BCUT2D eigenvalue weighted by atomic mass is 19.1. The predicted octanol–water partition coefficient (Wildman–Crippen LogP) is 3.03. The van der Waals surface area contributed by atoms with Gasteiger partial charge in [0.1, 0.15) is 11.6 Å². The Morgan fingerprint density at radius 3 is 2.71 bits per heavy atom. The molecule has 0 saturated carbocycles. The molecule has 1 aliphatic rings. The number of nitrogens with one attached hydrogen (secondary N) is 1. The summed E-state index contributed by atoms with van der Waals surface area (Å²) < 4.78 is 13.6. The fourth-order valence-electron chi connectivity index (χ4n) is 2.98. The van der Waals surface area contributed by atoms with Crippen LogP contribution in [0.15, 0.2) is 54.2 Å². The van der Waals surface area contributed by atoms with E-state index in [2.05, 4.69) is 10.2 Å². The first-order chi connectivity index (χ1) is 11.5. The van der Waals surface area contributed by atoms with Crippen molar-refractivity contribution in [1.29, 1.82) is 0 Å². The molecule has 0 aliphatic carbocycles. The molecule has 1 heterocycles. The Balaban J connectivity index is 1.92. The normalized spacial score (nSPS) is 15.5. The molecule has 0 spiro atoms. The van der Waals surface area contributed by atoms with Gasteiger partial charge in [-0.2, -0.15) is 0 Å². The van der Waals surface area contributed by atoms with Gasteiger partial charge in [0.15, 0.2) is 0 Å². The van der Waals surface area contributed by atoms with Crippen molar-refractivity contribution < 1.29 is 14.6 Å². The number of hydrogen-bond acceptors (Lipinski definition) is 4. The largest absolute Gasteiger partial charge is 0.508 e. The fraction of sp³-hybridized carbons (Fsp3) is 0.263. The quantitative estimate of drug-likeness (QED) is 0.790. The third-order valence-corrected chi connectivity index (χ3v) is 4.00. The standard InChI is InChI=1S/C19H21FN2O2/c1-13(23)8-18-19(15-5-3-6-16(20)10-15)21-12-22(18)11-14-4-2-7-17(24)9-14/h2-7,9-10,13,21,23-24H,8,11-12H2,1H3. The molecule has 4 nitrogen and oxygen atoms in total. The molecule has 2 aromatic carbocycles. The molecule has 1 unspecified atom stereocenters. The molecule has 126 valence electrons. The first kappa shape index (κ1) is 16.3. The second-order valence-corrected chi connectivity index (χ2v) is 6.09. The van der Waals surface area contributed by atoms with Crippen LogP contribution in [0.5, 0.6) is 5.75 Å². The van der Waals surface area contributed by atoms with E-state index in [9.17, 15) is 14.6 Å². The molecule has 1 atom stereocenters. The molecule has 1 aliphatic heterocycles. The lowest BCUT2D eigenvalue weighted by Crippen LogP contribution is -2.24. The van der Waals surface area contributed by atoms with Crippen molar-refractivity contribution in [1.82, 2.24) is 10.2 Å². The molecule has 0 fully saturated rings. The Kier molecular flexibility index (Phi) is 4.71. The second-order valence-electron chi connectivity index (χ2n) is 6.09. The zero-order valence-electron chi connectivity index (χ0n) is 13.5. The molecule has 2 aromatic rings. The number of phenols is 1. The summed E-state index contributed by atoms with van der Waals surface area (Å²) in [7, 11) is 0. The van der Waals surface area contributed by atoms with Crippen molar-refractivity contribution in [2.24, 2.45) is 0 Å². The van der Waals surface area contributed by atoms with Crippen molar-refractivity contribution in [3.8, 4) is 5.75 Å². The summed E-state index contributed by atoms with van der Waals surface area (Å²) in [4.78, 5) is 2.10. The monoisotopic (exact) mass is 328 g/mol. The van der Waals surface area contributed by atoms with Crippen LogP contribution in [0.25, 0.3) is 5.70 Å². The number of nitrogens with zero attached hydrogens (tertiary/aromatic N) is 1. The topological polar surface area (TPSA) is 55.7 Å². The minimum Gasteiger partial charge on any atom is -0.508 e. The highest BCUT2D eigenvalue weighted by molar-refractivity contribution is 5.68. The molecule has 0 radical (unpaired) electrons. The predicted molar refractivity (Wildman–Crippen MR) is 91.3 cm³/mol. The Hall–Kier alpha value is -2.53. The highest BCUT2D eigenvalue weighted by Crippen LogP contribution is 2.29. The summed E-state index contributed by atoms with van der Waals surface area (Å²) in [6, 6.07) is 13.5. The van der Waals surface area contributed by atoms with Crippen LogP contribution in [0.3, 0.4) is 0 Å². The van der Waals surface area contributed by atoms with Crippen molar-refractivity contribution in [2.45, 2.75) is 26.0 Å². The number of rotatable bonds is 5. The van der Waals surface area contributed by atoms with Gasteiger partial charge in [0.2, 0.25) is 0 Å². The van der Waals surface area contributed by atoms with Crippen LogP contribution >= 0.6 is 0 Å². The smallest absolute Gasteiger partial charge is 0.123 e. The van der Waals surface area contributed by atoms with E-state index < -0.39 is 6.10 Å². The maximum atomic E-state index is 13.6. The van der Waals surface area contributed by atoms with Crippen LogP contribution in [0, 0.1) is 5.82 Å². The average Bonchev–Trinajstić information content (AvgIpc) is 2.89. The molecule has 0 amide bonds. The van der Waals surface area contributed by atoms with Gasteiger partial charge in [-0.1, -0.05) is 24.3 Å². The summed E-state index contributed by atoms with van der Waals surface area (Å²) in [5.74, 6) is -0.0595. The minimum absolute atomic E-state index is 0.228. The van der Waals surface area contributed by atoms with Crippen LogP contribution in [0.1, 0.15) is 24.5 Å². The van der Waals surface area contributed by atoms with Gasteiger partial charge in [0.25, 0.3) is 0 Å². The lowest BCUT2D eigenvalue weighted by atomic mass is 10.1. The van der Waals surface area contributed by atoms with E-state index >= 15 is 0 Å². The SMILES string of the molecule is CC(O)CC1=C(c2cccc(F)c2)NCN1Cc1cccc(O)c1. The van der Waals surface area contributed by atoms with Gasteiger partial charge in [-0.25, -0.2) is 4.39 Å².